The molecule has 7 nitrogen and oxygen atoms in total. The standard InChI is InChI=1S/C22H22N2O5/c1-26-20-14-16(2-5-18(20)27-11-9-23)4-7-22(25)24-10-8-17-3-6-19-21(15-17)29-13-12-28-19/h2-7,14-15H,8,10-13H2,1H3,(H,24,25)/b7-4+. The Balaban J connectivity index is 1.50. The van der Waals surface area contributed by atoms with Crippen LogP contribution in [0.5, 0.6) is 23.0 Å². The number of hydrogen-bond donors (Lipinski definition) is 1. The molecule has 0 unspecified atom stereocenters. The van der Waals surface area contributed by atoms with E-state index in [2.05, 4.69) is 5.32 Å². The number of nitrogens with one attached hydrogen (secondary N) is 1. The predicted octanol–water partition coefficient (Wildman–Crippen LogP) is 2.74. The number of nitrogens with zero attached hydrogens (tertiary/aromatic N) is 1. The molecule has 0 aromatic heterocycles. The molecule has 0 atom stereocenters. The van der Waals surface area contributed by atoms with Crippen LogP contribution in [0.1, 0.15) is 11.1 Å². The second kappa shape index (κ2) is 10.0. The van der Waals surface area contributed by atoms with Gasteiger partial charge < -0.3 is 24.3 Å². The van der Waals surface area contributed by atoms with E-state index in [0.29, 0.717) is 37.7 Å². The molecule has 0 fully saturated rings. The van der Waals surface area contributed by atoms with Crippen molar-refractivity contribution in [1.82, 2.24) is 5.32 Å². The summed E-state index contributed by atoms with van der Waals surface area (Å²) in [5.41, 5.74) is 1.85. The van der Waals surface area contributed by atoms with Crippen molar-refractivity contribution < 1.29 is 23.7 Å². The number of rotatable bonds is 8. The molecule has 1 amide bonds. The zero-order valence-electron chi connectivity index (χ0n) is 16.1. The van der Waals surface area contributed by atoms with Crippen molar-refractivity contribution in [1.29, 1.82) is 5.26 Å². The quantitative estimate of drug-likeness (QED) is 0.693. The average Bonchev–Trinajstić information content (AvgIpc) is 2.76. The smallest absolute Gasteiger partial charge is 0.244 e. The summed E-state index contributed by atoms with van der Waals surface area (Å²) in [7, 11) is 1.52. The third-order valence-corrected chi connectivity index (χ3v) is 4.23. The number of carbonyl (C=O) groups excluding carboxylic acids is 1. The SMILES string of the molecule is COc1cc(/C=C/C(=O)NCCc2ccc3c(c2)OCCO3)ccc1OCC#N. The van der Waals surface area contributed by atoms with Crippen LogP contribution in [0.4, 0.5) is 0 Å². The van der Waals surface area contributed by atoms with Crippen molar-refractivity contribution in [2.75, 3.05) is 33.5 Å². The molecule has 1 heterocycles. The Morgan fingerprint density at radius 2 is 2.00 bits per heavy atom. The molecule has 0 saturated heterocycles. The molecule has 0 bridgehead atoms. The van der Waals surface area contributed by atoms with Gasteiger partial charge in [0.1, 0.15) is 19.3 Å². The van der Waals surface area contributed by atoms with Gasteiger partial charge in [0.2, 0.25) is 5.91 Å². The third-order valence-electron chi connectivity index (χ3n) is 4.23. The van der Waals surface area contributed by atoms with Crippen LogP contribution in [0.25, 0.3) is 6.08 Å². The molecule has 2 aromatic carbocycles. The largest absolute Gasteiger partial charge is 0.493 e. The van der Waals surface area contributed by atoms with Crippen LogP contribution in [0.15, 0.2) is 42.5 Å². The van der Waals surface area contributed by atoms with E-state index in [1.54, 1.807) is 24.3 Å². The van der Waals surface area contributed by atoms with Gasteiger partial charge in [-0.3, -0.25) is 4.79 Å². The van der Waals surface area contributed by atoms with Gasteiger partial charge in [0, 0.05) is 12.6 Å². The first-order valence-corrected chi connectivity index (χ1v) is 9.22. The minimum Gasteiger partial charge on any atom is -0.493 e. The molecule has 29 heavy (non-hydrogen) atoms. The minimum absolute atomic E-state index is 0.0582. The van der Waals surface area contributed by atoms with Crippen molar-refractivity contribution in [3.63, 3.8) is 0 Å². The molecule has 0 aliphatic carbocycles. The zero-order valence-corrected chi connectivity index (χ0v) is 16.1. The summed E-state index contributed by atoms with van der Waals surface area (Å²) in [6, 6.07) is 12.9. The summed E-state index contributed by atoms with van der Waals surface area (Å²) >= 11 is 0. The minimum atomic E-state index is -0.189. The molecule has 2 aromatic rings. The van der Waals surface area contributed by atoms with Crippen LogP contribution < -0.4 is 24.3 Å². The Hall–Kier alpha value is -3.66. The molecule has 7 heteroatoms. The summed E-state index contributed by atoms with van der Waals surface area (Å²) in [6.45, 7) is 1.56. The number of benzene rings is 2. The number of ether oxygens (including phenoxy) is 4. The Kier molecular flexibility index (Phi) is 6.95. The molecule has 1 aliphatic heterocycles. The molecular formula is C22H22N2O5. The van der Waals surface area contributed by atoms with Gasteiger partial charge in [-0.25, -0.2) is 0 Å². The topological polar surface area (TPSA) is 89.8 Å². The highest BCUT2D eigenvalue weighted by atomic mass is 16.6. The van der Waals surface area contributed by atoms with Crippen LogP contribution >= 0.6 is 0 Å². The second-order valence-corrected chi connectivity index (χ2v) is 6.21. The highest BCUT2D eigenvalue weighted by Gasteiger charge is 2.11. The van der Waals surface area contributed by atoms with E-state index in [1.165, 1.54) is 13.2 Å². The van der Waals surface area contributed by atoms with E-state index < -0.39 is 0 Å². The summed E-state index contributed by atoms with van der Waals surface area (Å²) in [4.78, 5) is 12.1. The Labute approximate surface area is 169 Å². The lowest BCUT2D eigenvalue weighted by Gasteiger charge is -2.18. The summed E-state index contributed by atoms with van der Waals surface area (Å²) in [5.74, 6) is 2.30. The first kappa shape index (κ1) is 20.1. The van der Waals surface area contributed by atoms with Gasteiger partial charge in [0.25, 0.3) is 0 Å². The average molecular weight is 394 g/mol. The summed E-state index contributed by atoms with van der Waals surface area (Å²) in [6.07, 6.45) is 3.85. The molecule has 1 aliphatic rings. The number of nitriles is 1. The van der Waals surface area contributed by atoms with Crippen LogP contribution in [0, 0.1) is 11.3 Å². The Morgan fingerprint density at radius 1 is 1.17 bits per heavy atom. The second-order valence-electron chi connectivity index (χ2n) is 6.21. The lowest BCUT2D eigenvalue weighted by molar-refractivity contribution is -0.116. The number of amides is 1. The zero-order chi connectivity index (χ0) is 20.5. The lowest BCUT2D eigenvalue weighted by Crippen LogP contribution is -2.23. The first-order valence-electron chi connectivity index (χ1n) is 9.22. The fourth-order valence-corrected chi connectivity index (χ4v) is 2.82. The fraction of sp³-hybridized carbons (Fsp3) is 0.273. The highest BCUT2D eigenvalue weighted by molar-refractivity contribution is 5.91. The van der Waals surface area contributed by atoms with Crippen molar-refractivity contribution in [2.24, 2.45) is 0 Å². The first-order chi connectivity index (χ1) is 14.2. The van der Waals surface area contributed by atoms with E-state index in [4.69, 9.17) is 24.2 Å². The van der Waals surface area contributed by atoms with Crippen LogP contribution in [-0.4, -0.2) is 39.4 Å². The maximum absolute atomic E-state index is 12.1. The van der Waals surface area contributed by atoms with Crippen LogP contribution in [-0.2, 0) is 11.2 Å². The van der Waals surface area contributed by atoms with Gasteiger partial charge in [-0.05, 0) is 47.9 Å². The monoisotopic (exact) mass is 394 g/mol. The predicted molar refractivity (Wildman–Crippen MR) is 107 cm³/mol. The molecule has 0 radical (unpaired) electrons. The number of hydrogen-bond acceptors (Lipinski definition) is 6. The maximum atomic E-state index is 12.1. The van der Waals surface area contributed by atoms with Gasteiger partial charge in [-0.1, -0.05) is 12.1 Å². The third kappa shape index (κ3) is 5.66. The van der Waals surface area contributed by atoms with Crippen molar-refractivity contribution in [3.05, 3.63) is 53.6 Å². The number of fused-ring (bicyclic) bond motifs is 1. The van der Waals surface area contributed by atoms with Crippen LogP contribution in [0.2, 0.25) is 0 Å². The summed E-state index contributed by atoms with van der Waals surface area (Å²) in [5, 5.41) is 11.5. The molecule has 1 N–H and O–H groups in total. The highest BCUT2D eigenvalue weighted by Crippen LogP contribution is 2.31. The van der Waals surface area contributed by atoms with Crippen molar-refractivity contribution in [2.45, 2.75) is 6.42 Å². The fourth-order valence-electron chi connectivity index (χ4n) is 2.82. The van der Waals surface area contributed by atoms with E-state index in [9.17, 15) is 4.79 Å². The maximum Gasteiger partial charge on any atom is 0.244 e. The Bertz CT molecular complexity index is 933. The molecule has 0 saturated carbocycles. The van der Waals surface area contributed by atoms with Gasteiger partial charge in [0.05, 0.1) is 7.11 Å². The van der Waals surface area contributed by atoms with E-state index in [1.807, 2.05) is 24.3 Å². The molecule has 0 spiro atoms. The molecule has 150 valence electrons. The van der Waals surface area contributed by atoms with Gasteiger partial charge in [-0.15, -0.1) is 0 Å². The van der Waals surface area contributed by atoms with E-state index in [-0.39, 0.29) is 12.5 Å². The lowest BCUT2D eigenvalue weighted by atomic mass is 10.1. The Morgan fingerprint density at radius 3 is 2.79 bits per heavy atom. The van der Waals surface area contributed by atoms with Crippen LogP contribution in [0.3, 0.4) is 0 Å². The molecular weight excluding hydrogens is 372 g/mol. The summed E-state index contributed by atoms with van der Waals surface area (Å²) < 4.78 is 21.6. The molecule has 3 rings (SSSR count). The van der Waals surface area contributed by atoms with Gasteiger partial charge in [0.15, 0.2) is 29.6 Å². The number of methoxy groups -OCH3 is 1. The van der Waals surface area contributed by atoms with E-state index >= 15 is 0 Å². The van der Waals surface area contributed by atoms with Gasteiger partial charge in [-0.2, -0.15) is 5.26 Å². The van der Waals surface area contributed by atoms with E-state index in [0.717, 1.165) is 22.6 Å². The van der Waals surface area contributed by atoms with Crippen molar-refractivity contribution in [3.8, 4) is 29.1 Å². The number of carbonyl (C=O) groups is 1. The van der Waals surface area contributed by atoms with Gasteiger partial charge >= 0.3 is 0 Å². The van der Waals surface area contributed by atoms with Crippen molar-refractivity contribution >= 4 is 12.0 Å². The normalized spacial score (nSPS) is 12.3.